The second kappa shape index (κ2) is 4.73. The Kier molecular flexibility index (Phi) is 3.29. The van der Waals surface area contributed by atoms with Gasteiger partial charge in [-0.3, -0.25) is 14.9 Å². The molecule has 1 atom stereocenters. The second-order valence-corrected chi connectivity index (χ2v) is 4.52. The van der Waals surface area contributed by atoms with E-state index in [2.05, 4.69) is 5.32 Å². The largest absolute Gasteiger partial charge is 0.480 e. The highest BCUT2D eigenvalue weighted by Crippen LogP contribution is 2.25. The number of nitro groups is 1. The highest BCUT2D eigenvalue weighted by molar-refractivity contribution is 5.79. The minimum absolute atomic E-state index is 0.0162. The Balaban J connectivity index is 2.17. The van der Waals surface area contributed by atoms with E-state index in [-0.39, 0.29) is 5.69 Å². The SMILES string of the molecule is O=C(O)C1(Cc2ccc([N+](=O)[O-])cc2)CCCN1. The molecular formula is C12H14N2O4. The third-order valence-corrected chi connectivity index (χ3v) is 3.31. The van der Waals surface area contributed by atoms with Crippen LogP contribution in [0.15, 0.2) is 24.3 Å². The van der Waals surface area contributed by atoms with Crippen molar-refractivity contribution in [1.82, 2.24) is 5.32 Å². The van der Waals surface area contributed by atoms with Crippen molar-refractivity contribution in [3.05, 3.63) is 39.9 Å². The van der Waals surface area contributed by atoms with Gasteiger partial charge in [0.15, 0.2) is 0 Å². The van der Waals surface area contributed by atoms with Gasteiger partial charge in [0.25, 0.3) is 5.69 Å². The summed E-state index contributed by atoms with van der Waals surface area (Å²) in [6.07, 6.45) is 1.76. The molecule has 0 spiro atoms. The molecule has 0 saturated carbocycles. The quantitative estimate of drug-likeness (QED) is 0.621. The van der Waals surface area contributed by atoms with Crippen LogP contribution in [-0.4, -0.2) is 28.1 Å². The zero-order valence-corrected chi connectivity index (χ0v) is 9.76. The molecule has 0 bridgehead atoms. The maximum Gasteiger partial charge on any atom is 0.324 e. The molecule has 1 aliphatic heterocycles. The monoisotopic (exact) mass is 250 g/mol. The molecule has 0 radical (unpaired) electrons. The highest BCUT2D eigenvalue weighted by atomic mass is 16.6. The number of nitrogens with one attached hydrogen (secondary N) is 1. The van der Waals surface area contributed by atoms with Gasteiger partial charge in [0.2, 0.25) is 0 Å². The van der Waals surface area contributed by atoms with Gasteiger partial charge < -0.3 is 10.4 Å². The molecule has 1 aromatic rings. The van der Waals surface area contributed by atoms with Gasteiger partial charge in [-0.15, -0.1) is 0 Å². The van der Waals surface area contributed by atoms with Gasteiger partial charge in [0, 0.05) is 18.6 Å². The van der Waals surface area contributed by atoms with Crippen LogP contribution < -0.4 is 5.32 Å². The van der Waals surface area contributed by atoms with Crippen LogP contribution in [-0.2, 0) is 11.2 Å². The lowest BCUT2D eigenvalue weighted by atomic mass is 9.89. The van der Waals surface area contributed by atoms with Crippen molar-refractivity contribution in [2.45, 2.75) is 24.8 Å². The standard InChI is InChI=1S/C12H14N2O4/c15-11(16)12(6-1-7-13-12)8-9-2-4-10(5-3-9)14(17)18/h2-5,13H,1,6-8H2,(H,15,16). The Labute approximate surface area is 104 Å². The first-order chi connectivity index (χ1) is 8.53. The van der Waals surface area contributed by atoms with Gasteiger partial charge in [0.05, 0.1) is 4.92 Å². The molecule has 1 unspecified atom stereocenters. The van der Waals surface area contributed by atoms with Crippen LogP contribution in [0, 0.1) is 10.1 Å². The summed E-state index contributed by atoms with van der Waals surface area (Å²) in [7, 11) is 0. The lowest BCUT2D eigenvalue weighted by molar-refractivity contribution is -0.384. The number of hydrogen-bond donors (Lipinski definition) is 2. The molecule has 6 heteroatoms. The third-order valence-electron chi connectivity index (χ3n) is 3.31. The van der Waals surface area contributed by atoms with Crippen molar-refractivity contribution >= 4 is 11.7 Å². The summed E-state index contributed by atoms with van der Waals surface area (Å²) >= 11 is 0. The van der Waals surface area contributed by atoms with Crippen LogP contribution in [0.5, 0.6) is 0 Å². The summed E-state index contributed by atoms with van der Waals surface area (Å²) in [6, 6.07) is 6.03. The number of benzene rings is 1. The molecule has 1 heterocycles. The predicted molar refractivity (Wildman–Crippen MR) is 64.4 cm³/mol. The lowest BCUT2D eigenvalue weighted by Gasteiger charge is -2.24. The van der Waals surface area contributed by atoms with Gasteiger partial charge in [-0.2, -0.15) is 0 Å². The fraction of sp³-hybridized carbons (Fsp3) is 0.417. The first-order valence-corrected chi connectivity index (χ1v) is 5.75. The van der Waals surface area contributed by atoms with Gasteiger partial charge in [-0.25, -0.2) is 0 Å². The lowest BCUT2D eigenvalue weighted by Crippen LogP contribution is -2.49. The Hall–Kier alpha value is -1.95. The molecule has 1 aliphatic rings. The summed E-state index contributed by atoms with van der Waals surface area (Å²) < 4.78 is 0. The van der Waals surface area contributed by atoms with E-state index in [1.54, 1.807) is 12.1 Å². The number of non-ortho nitro benzene ring substituents is 1. The van der Waals surface area contributed by atoms with E-state index in [4.69, 9.17) is 0 Å². The van der Waals surface area contributed by atoms with Gasteiger partial charge >= 0.3 is 5.97 Å². The summed E-state index contributed by atoms with van der Waals surface area (Å²) in [4.78, 5) is 21.4. The number of carbonyl (C=O) groups is 1. The van der Waals surface area contributed by atoms with E-state index in [1.807, 2.05) is 0 Å². The van der Waals surface area contributed by atoms with Crippen LogP contribution in [0.2, 0.25) is 0 Å². The van der Waals surface area contributed by atoms with Crippen LogP contribution in [0.3, 0.4) is 0 Å². The summed E-state index contributed by atoms with van der Waals surface area (Å²) in [5.74, 6) is -0.863. The first-order valence-electron chi connectivity index (χ1n) is 5.75. The van der Waals surface area contributed by atoms with Gasteiger partial charge in [-0.05, 0) is 24.9 Å². The van der Waals surface area contributed by atoms with E-state index >= 15 is 0 Å². The molecule has 0 aromatic heterocycles. The molecule has 96 valence electrons. The third kappa shape index (κ3) is 2.33. The van der Waals surface area contributed by atoms with E-state index in [9.17, 15) is 20.0 Å². The minimum atomic E-state index is -0.921. The summed E-state index contributed by atoms with van der Waals surface area (Å²) in [5, 5.41) is 22.8. The van der Waals surface area contributed by atoms with Crippen molar-refractivity contribution in [2.75, 3.05) is 6.54 Å². The van der Waals surface area contributed by atoms with Crippen LogP contribution in [0.4, 0.5) is 5.69 Å². The van der Waals surface area contributed by atoms with Gasteiger partial charge in [0.1, 0.15) is 5.54 Å². The Morgan fingerprint density at radius 3 is 2.56 bits per heavy atom. The smallest absolute Gasteiger partial charge is 0.324 e. The maximum atomic E-state index is 11.3. The zero-order valence-electron chi connectivity index (χ0n) is 9.76. The molecule has 1 saturated heterocycles. The zero-order chi connectivity index (χ0) is 13.2. The number of aliphatic carboxylic acids is 1. The Morgan fingerprint density at radius 2 is 2.11 bits per heavy atom. The van der Waals surface area contributed by atoms with Crippen molar-refractivity contribution < 1.29 is 14.8 Å². The number of nitrogens with zero attached hydrogens (tertiary/aromatic N) is 1. The molecular weight excluding hydrogens is 236 g/mol. The molecule has 6 nitrogen and oxygen atoms in total. The number of rotatable bonds is 4. The number of hydrogen-bond acceptors (Lipinski definition) is 4. The molecule has 1 aromatic carbocycles. The fourth-order valence-corrected chi connectivity index (χ4v) is 2.30. The molecule has 2 rings (SSSR count). The van der Waals surface area contributed by atoms with E-state index in [0.29, 0.717) is 19.4 Å². The highest BCUT2D eigenvalue weighted by Gasteiger charge is 2.40. The van der Waals surface area contributed by atoms with E-state index in [1.165, 1.54) is 12.1 Å². The molecule has 18 heavy (non-hydrogen) atoms. The van der Waals surface area contributed by atoms with Crippen molar-refractivity contribution in [3.63, 3.8) is 0 Å². The van der Waals surface area contributed by atoms with Gasteiger partial charge in [-0.1, -0.05) is 12.1 Å². The molecule has 2 N–H and O–H groups in total. The normalized spacial score (nSPS) is 22.9. The molecule has 0 amide bonds. The minimum Gasteiger partial charge on any atom is -0.480 e. The summed E-state index contributed by atoms with van der Waals surface area (Å²) in [6.45, 7) is 0.694. The first kappa shape index (κ1) is 12.5. The average Bonchev–Trinajstić information content (AvgIpc) is 2.79. The van der Waals surface area contributed by atoms with Crippen molar-refractivity contribution in [1.29, 1.82) is 0 Å². The van der Waals surface area contributed by atoms with E-state index in [0.717, 1.165) is 12.0 Å². The number of carboxylic acid groups (broad SMARTS) is 1. The van der Waals surface area contributed by atoms with E-state index < -0.39 is 16.4 Å². The Morgan fingerprint density at radius 1 is 1.44 bits per heavy atom. The molecule has 0 aliphatic carbocycles. The van der Waals surface area contributed by atoms with Crippen LogP contribution in [0.1, 0.15) is 18.4 Å². The second-order valence-electron chi connectivity index (χ2n) is 4.52. The topological polar surface area (TPSA) is 92.5 Å². The average molecular weight is 250 g/mol. The predicted octanol–water partition coefficient (Wildman–Crippen LogP) is 1.34. The number of carboxylic acids is 1. The van der Waals surface area contributed by atoms with Crippen LogP contribution in [0.25, 0.3) is 0 Å². The van der Waals surface area contributed by atoms with Crippen molar-refractivity contribution in [2.24, 2.45) is 0 Å². The maximum absolute atomic E-state index is 11.3. The summed E-state index contributed by atoms with van der Waals surface area (Å²) in [5.41, 5.74) is -0.115. The fourth-order valence-electron chi connectivity index (χ4n) is 2.30. The van der Waals surface area contributed by atoms with Crippen molar-refractivity contribution in [3.8, 4) is 0 Å². The van der Waals surface area contributed by atoms with Crippen LogP contribution >= 0.6 is 0 Å². The molecule has 1 fully saturated rings. The Bertz CT molecular complexity index is 463. The number of nitro benzene ring substituents is 1.